The summed E-state index contributed by atoms with van der Waals surface area (Å²) in [6, 6.07) is 8.11. The van der Waals surface area contributed by atoms with Crippen LogP contribution in [0.25, 0.3) is 0 Å². The fraction of sp³-hybridized carbons (Fsp3) is 0.632. The van der Waals surface area contributed by atoms with Crippen LogP contribution >= 0.6 is 0 Å². The molecule has 140 valence electrons. The fourth-order valence-electron chi connectivity index (χ4n) is 2.68. The van der Waals surface area contributed by atoms with E-state index >= 15 is 0 Å². The minimum absolute atomic E-state index is 0.0245. The van der Waals surface area contributed by atoms with Gasteiger partial charge in [-0.3, -0.25) is 4.90 Å². The first-order valence-corrected chi connectivity index (χ1v) is 9.23. The minimum atomic E-state index is 0.0245. The normalized spacial score (nSPS) is 17.2. The van der Waals surface area contributed by atoms with E-state index in [1.807, 2.05) is 25.1 Å². The number of nitrogens with one attached hydrogen (secondary N) is 2. The second-order valence-electron chi connectivity index (χ2n) is 6.35. The van der Waals surface area contributed by atoms with Gasteiger partial charge in [-0.25, -0.2) is 4.99 Å². The van der Waals surface area contributed by atoms with E-state index in [2.05, 4.69) is 40.4 Å². The lowest BCUT2D eigenvalue weighted by molar-refractivity contribution is 0.0389. The SMILES string of the molecule is CCNC(=NCC(C)Oc1cccc(C)c1)NCCN1CCOCC1. The van der Waals surface area contributed by atoms with E-state index in [4.69, 9.17) is 9.47 Å². The van der Waals surface area contributed by atoms with Crippen LogP contribution in [0.15, 0.2) is 29.3 Å². The smallest absolute Gasteiger partial charge is 0.191 e. The van der Waals surface area contributed by atoms with Crippen LogP contribution in [0.4, 0.5) is 0 Å². The van der Waals surface area contributed by atoms with Crippen LogP contribution in [0.2, 0.25) is 0 Å². The highest BCUT2D eigenvalue weighted by molar-refractivity contribution is 5.79. The molecule has 0 spiro atoms. The third kappa shape index (κ3) is 7.75. The largest absolute Gasteiger partial charge is 0.489 e. The molecular formula is C19H32N4O2. The van der Waals surface area contributed by atoms with E-state index in [1.54, 1.807) is 0 Å². The van der Waals surface area contributed by atoms with E-state index < -0.39 is 0 Å². The Kier molecular flexibility index (Phi) is 8.55. The molecule has 0 saturated carbocycles. The molecule has 25 heavy (non-hydrogen) atoms. The van der Waals surface area contributed by atoms with Crippen LogP contribution < -0.4 is 15.4 Å². The van der Waals surface area contributed by atoms with E-state index in [-0.39, 0.29) is 6.10 Å². The topological polar surface area (TPSA) is 58.1 Å². The molecule has 1 aliphatic rings. The number of hydrogen-bond acceptors (Lipinski definition) is 4. The summed E-state index contributed by atoms with van der Waals surface area (Å²) in [5.41, 5.74) is 1.20. The van der Waals surface area contributed by atoms with Crippen molar-refractivity contribution >= 4 is 5.96 Å². The first-order chi connectivity index (χ1) is 12.2. The number of nitrogens with zero attached hydrogens (tertiary/aromatic N) is 2. The zero-order valence-corrected chi connectivity index (χ0v) is 15.8. The Morgan fingerprint density at radius 1 is 1.32 bits per heavy atom. The van der Waals surface area contributed by atoms with E-state index in [0.29, 0.717) is 6.54 Å². The summed E-state index contributed by atoms with van der Waals surface area (Å²) in [6.07, 6.45) is 0.0245. The number of hydrogen-bond donors (Lipinski definition) is 2. The summed E-state index contributed by atoms with van der Waals surface area (Å²) in [6.45, 7) is 13.2. The molecule has 2 N–H and O–H groups in total. The molecule has 1 fully saturated rings. The monoisotopic (exact) mass is 348 g/mol. The summed E-state index contributed by atoms with van der Waals surface area (Å²) in [5, 5.41) is 6.69. The van der Waals surface area contributed by atoms with Crippen molar-refractivity contribution in [1.82, 2.24) is 15.5 Å². The Bertz CT molecular complexity index is 530. The lowest BCUT2D eigenvalue weighted by atomic mass is 10.2. The Hall–Kier alpha value is -1.79. The van der Waals surface area contributed by atoms with Crippen molar-refractivity contribution in [2.45, 2.75) is 26.9 Å². The molecule has 6 heteroatoms. The molecule has 0 bridgehead atoms. The summed E-state index contributed by atoms with van der Waals surface area (Å²) >= 11 is 0. The van der Waals surface area contributed by atoms with E-state index in [1.165, 1.54) is 5.56 Å². The third-order valence-electron chi connectivity index (χ3n) is 4.00. The average molecular weight is 348 g/mol. The molecule has 2 rings (SSSR count). The van der Waals surface area contributed by atoms with Gasteiger partial charge in [-0.15, -0.1) is 0 Å². The second kappa shape index (κ2) is 10.9. The number of morpholine rings is 1. The average Bonchev–Trinajstić information content (AvgIpc) is 2.60. The van der Waals surface area contributed by atoms with Crippen LogP contribution in [0.3, 0.4) is 0 Å². The van der Waals surface area contributed by atoms with Crippen LogP contribution in [-0.4, -0.2) is 69.4 Å². The molecule has 1 unspecified atom stereocenters. The molecule has 1 aliphatic heterocycles. The molecule has 0 amide bonds. The van der Waals surface area contributed by atoms with Crippen LogP contribution in [0.5, 0.6) is 5.75 Å². The summed E-state index contributed by atoms with van der Waals surface area (Å²) in [5.74, 6) is 1.74. The number of guanidine groups is 1. The highest BCUT2D eigenvalue weighted by Crippen LogP contribution is 2.14. The van der Waals surface area contributed by atoms with E-state index in [0.717, 1.165) is 57.6 Å². The first-order valence-electron chi connectivity index (χ1n) is 9.23. The van der Waals surface area contributed by atoms with Crippen molar-refractivity contribution in [3.05, 3.63) is 29.8 Å². The number of benzene rings is 1. The fourth-order valence-corrected chi connectivity index (χ4v) is 2.68. The highest BCUT2D eigenvalue weighted by Gasteiger charge is 2.10. The summed E-state index contributed by atoms with van der Waals surface area (Å²) in [4.78, 5) is 7.05. The maximum Gasteiger partial charge on any atom is 0.191 e. The molecule has 6 nitrogen and oxygen atoms in total. The number of aliphatic imine (C=N–C) groups is 1. The number of rotatable bonds is 8. The predicted octanol–water partition coefficient (Wildman–Crippen LogP) is 1.65. The Balaban J connectivity index is 1.75. The second-order valence-corrected chi connectivity index (χ2v) is 6.35. The van der Waals surface area contributed by atoms with Crippen LogP contribution in [-0.2, 0) is 4.74 Å². The van der Waals surface area contributed by atoms with Gasteiger partial charge in [0.15, 0.2) is 5.96 Å². The molecule has 0 radical (unpaired) electrons. The van der Waals surface area contributed by atoms with Gasteiger partial charge in [0.05, 0.1) is 19.8 Å². The van der Waals surface area contributed by atoms with Crippen LogP contribution in [0.1, 0.15) is 19.4 Å². The zero-order valence-electron chi connectivity index (χ0n) is 15.8. The Morgan fingerprint density at radius 2 is 2.12 bits per heavy atom. The maximum atomic E-state index is 5.94. The summed E-state index contributed by atoms with van der Waals surface area (Å²) in [7, 11) is 0. The van der Waals surface area contributed by atoms with Gasteiger partial charge in [-0.1, -0.05) is 12.1 Å². The van der Waals surface area contributed by atoms with Gasteiger partial charge in [0.2, 0.25) is 0 Å². The van der Waals surface area contributed by atoms with Crippen LogP contribution in [0, 0.1) is 6.92 Å². The lowest BCUT2D eigenvalue weighted by Gasteiger charge is -2.26. The lowest BCUT2D eigenvalue weighted by Crippen LogP contribution is -2.44. The van der Waals surface area contributed by atoms with Crippen molar-refractivity contribution in [3.63, 3.8) is 0 Å². The molecule has 1 aromatic carbocycles. The third-order valence-corrected chi connectivity index (χ3v) is 4.00. The standard InChI is InChI=1S/C19H32N4O2/c1-4-20-19(21-8-9-23-10-12-24-13-11-23)22-15-17(3)25-18-7-5-6-16(2)14-18/h5-7,14,17H,4,8-13,15H2,1-3H3,(H2,20,21,22). The quantitative estimate of drug-likeness (QED) is 0.553. The van der Waals surface area contributed by atoms with Gasteiger partial charge < -0.3 is 20.1 Å². The van der Waals surface area contributed by atoms with E-state index in [9.17, 15) is 0 Å². The van der Waals surface area contributed by atoms with Gasteiger partial charge in [0.1, 0.15) is 11.9 Å². The van der Waals surface area contributed by atoms with Crippen molar-refractivity contribution in [1.29, 1.82) is 0 Å². The minimum Gasteiger partial charge on any atom is -0.489 e. The Morgan fingerprint density at radius 3 is 2.84 bits per heavy atom. The van der Waals surface area contributed by atoms with Gasteiger partial charge >= 0.3 is 0 Å². The molecule has 0 aliphatic carbocycles. The van der Waals surface area contributed by atoms with Gasteiger partial charge in [0, 0.05) is 32.7 Å². The summed E-state index contributed by atoms with van der Waals surface area (Å²) < 4.78 is 11.3. The first kappa shape index (κ1) is 19.5. The van der Waals surface area contributed by atoms with Crippen molar-refractivity contribution in [2.24, 2.45) is 4.99 Å². The van der Waals surface area contributed by atoms with Gasteiger partial charge in [-0.05, 0) is 38.5 Å². The predicted molar refractivity (Wildman–Crippen MR) is 103 cm³/mol. The molecule has 1 heterocycles. The van der Waals surface area contributed by atoms with Gasteiger partial charge in [0.25, 0.3) is 0 Å². The van der Waals surface area contributed by atoms with Gasteiger partial charge in [-0.2, -0.15) is 0 Å². The molecule has 1 atom stereocenters. The van der Waals surface area contributed by atoms with Crippen molar-refractivity contribution in [2.75, 3.05) is 52.5 Å². The molecule has 1 saturated heterocycles. The zero-order chi connectivity index (χ0) is 17.9. The molecule has 0 aromatic heterocycles. The highest BCUT2D eigenvalue weighted by atomic mass is 16.5. The number of aryl methyl sites for hydroxylation is 1. The molecular weight excluding hydrogens is 316 g/mol. The number of ether oxygens (including phenoxy) is 2. The maximum absolute atomic E-state index is 5.94. The Labute approximate surface area is 151 Å². The van der Waals surface area contributed by atoms with Crippen molar-refractivity contribution < 1.29 is 9.47 Å². The molecule has 1 aromatic rings. The van der Waals surface area contributed by atoms with Crippen molar-refractivity contribution in [3.8, 4) is 5.75 Å².